The van der Waals surface area contributed by atoms with E-state index in [9.17, 15) is 4.79 Å². The average molecular weight is 306 g/mol. The monoisotopic (exact) mass is 305 g/mol. The fourth-order valence-corrected chi connectivity index (χ4v) is 1.25. The van der Waals surface area contributed by atoms with Crippen molar-refractivity contribution in [2.24, 2.45) is 0 Å². The topological polar surface area (TPSA) is 49.3 Å². The van der Waals surface area contributed by atoms with Gasteiger partial charge in [-0.25, -0.2) is 0 Å². The van der Waals surface area contributed by atoms with Crippen LogP contribution in [-0.4, -0.2) is 17.6 Å². The maximum absolute atomic E-state index is 9.37. The Bertz CT molecular complexity index is 250. The third-order valence-corrected chi connectivity index (χ3v) is 2.23. The summed E-state index contributed by atoms with van der Waals surface area (Å²) < 4.78 is 0. The molecular formula is C13H24BrNO2. The van der Waals surface area contributed by atoms with Gasteiger partial charge in [-0.05, 0) is 24.6 Å². The lowest BCUT2D eigenvalue weighted by Gasteiger charge is -2.07. The first-order valence-corrected chi connectivity index (χ1v) is 6.01. The van der Waals surface area contributed by atoms with Gasteiger partial charge in [0.05, 0.1) is 0 Å². The van der Waals surface area contributed by atoms with Gasteiger partial charge in [-0.1, -0.05) is 38.8 Å². The number of dihydropyridines is 1. The molecule has 0 radical (unpaired) electrons. The van der Waals surface area contributed by atoms with Gasteiger partial charge in [0, 0.05) is 13.0 Å². The van der Waals surface area contributed by atoms with Crippen molar-refractivity contribution in [1.82, 2.24) is 5.32 Å². The van der Waals surface area contributed by atoms with Crippen molar-refractivity contribution < 1.29 is 9.90 Å². The van der Waals surface area contributed by atoms with Crippen molar-refractivity contribution in [2.75, 3.05) is 6.54 Å². The van der Waals surface area contributed by atoms with Crippen LogP contribution in [0.5, 0.6) is 0 Å². The van der Waals surface area contributed by atoms with E-state index in [0.29, 0.717) is 0 Å². The number of unbranched alkanes of at least 4 members (excludes halogenated alkanes) is 2. The first-order chi connectivity index (χ1) is 7.70. The standard InChI is InChI=1S/C10H17N.C3H6O2.BrH/c1-2-3-4-6-10-7-5-8-11-9-10;1-2-3(4)5;/h5,7,9,11H,2-4,6,8H2,1H3;2H2,1H3,(H,4,5);1H. The summed E-state index contributed by atoms with van der Waals surface area (Å²) >= 11 is 0. The Labute approximate surface area is 115 Å². The molecule has 2 N–H and O–H groups in total. The average Bonchev–Trinajstić information content (AvgIpc) is 2.31. The number of carbonyl (C=O) groups is 1. The van der Waals surface area contributed by atoms with E-state index in [1.165, 1.54) is 31.3 Å². The molecule has 0 fully saturated rings. The number of rotatable bonds is 5. The molecule has 0 aromatic heterocycles. The van der Waals surface area contributed by atoms with Crippen molar-refractivity contribution in [1.29, 1.82) is 0 Å². The van der Waals surface area contributed by atoms with Crippen LogP contribution in [0.15, 0.2) is 23.9 Å². The quantitative estimate of drug-likeness (QED) is 0.762. The predicted molar refractivity (Wildman–Crippen MR) is 77.6 cm³/mol. The van der Waals surface area contributed by atoms with Gasteiger partial charge in [0.2, 0.25) is 0 Å². The molecule has 1 aliphatic heterocycles. The Balaban J connectivity index is 0. The van der Waals surface area contributed by atoms with E-state index in [-0.39, 0.29) is 23.4 Å². The van der Waals surface area contributed by atoms with E-state index in [2.05, 4.69) is 30.6 Å². The molecule has 0 saturated carbocycles. The Hall–Kier alpha value is -0.770. The van der Waals surface area contributed by atoms with Crippen LogP contribution in [0.1, 0.15) is 46.0 Å². The van der Waals surface area contributed by atoms with Gasteiger partial charge >= 0.3 is 5.97 Å². The van der Waals surface area contributed by atoms with Crippen LogP contribution in [0.2, 0.25) is 0 Å². The SMILES string of the molecule is Br.CCC(=O)O.CCCCCC1=CNCC=C1. The van der Waals surface area contributed by atoms with Crippen LogP contribution in [0.4, 0.5) is 0 Å². The Morgan fingerprint density at radius 2 is 2.06 bits per heavy atom. The zero-order chi connectivity index (χ0) is 12.2. The van der Waals surface area contributed by atoms with Gasteiger partial charge in [-0.15, -0.1) is 17.0 Å². The maximum Gasteiger partial charge on any atom is 0.303 e. The van der Waals surface area contributed by atoms with Crippen LogP contribution in [-0.2, 0) is 4.79 Å². The minimum atomic E-state index is -0.745. The molecule has 0 amide bonds. The smallest absolute Gasteiger partial charge is 0.303 e. The number of halogens is 1. The van der Waals surface area contributed by atoms with Crippen LogP contribution in [0.3, 0.4) is 0 Å². The van der Waals surface area contributed by atoms with Gasteiger partial charge in [0.15, 0.2) is 0 Å². The summed E-state index contributed by atoms with van der Waals surface area (Å²) in [6.07, 6.45) is 12.0. The second-order valence-electron chi connectivity index (χ2n) is 3.73. The minimum absolute atomic E-state index is 0. The minimum Gasteiger partial charge on any atom is -0.481 e. The lowest BCUT2D eigenvalue weighted by molar-refractivity contribution is -0.136. The summed E-state index contributed by atoms with van der Waals surface area (Å²) in [7, 11) is 0. The summed E-state index contributed by atoms with van der Waals surface area (Å²) in [6.45, 7) is 4.84. The number of nitrogens with one attached hydrogen (secondary N) is 1. The zero-order valence-electron chi connectivity index (χ0n) is 10.7. The van der Waals surface area contributed by atoms with Crippen molar-refractivity contribution in [3.63, 3.8) is 0 Å². The van der Waals surface area contributed by atoms with Gasteiger partial charge in [0.1, 0.15) is 0 Å². The molecule has 0 aliphatic carbocycles. The Kier molecular flexibility index (Phi) is 14.5. The number of aliphatic carboxylic acids is 1. The van der Waals surface area contributed by atoms with Crippen LogP contribution in [0.25, 0.3) is 0 Å². The zero-order valence-corrected chi connectivity index (χ0v) is 12.5. The lowest BCUT2D eigenvalue weighted by atomic mass is 10.1. The summed E-state index contributed by atoms with van der Waals surface area (Å²) in [6, 6.07) is 0. The highest BCUT2D eigenvalue weighted by Gasteiger charge is 1.95. The molecule has 3 nitrogen and oxygen atoms in total. The highest BCUT2D eigenvalue weighted by molar-refractivity contribution is 8.93. The molecule has 0 bridgehead atoms. The van der Waals surface area contributed by atoms with Crippen LogP contribution < -0.4 is 5.32 Å². The molecule has 0 aromatic carbocycles. The molecule has 0 spiro atoms. The molecule has 0 unspecified atom stereocenters. The van der Waals surface area contributed by atoms with E-state index in [1.54, 1.807) is 6.92 Å². The molecule has 4 heteroatoms. The highest BCUT2D eigenvalue weighted by atomic mass is 79.9. The number of carboxylic acid groups (broad SMARTS) is 1. The normalized spacial score (nSPS) is 12.5. The molecule has 0 aromatic rings. The summed E-state index contributed by atoms with van der Waals surface area (Å²) in [5, 5.41) is 10.9. The maximum atomic E-state index is 9.37. The second-order valence-corrected chi connectivity index (χ2v) is 3.73. The first kappa shape index (κ1) is 18.6. The van der Waals surface area contributed by atoms with Gasteiger partial charge in [0.25, 0.3) is 0 Å². The molecule has 17 heavy (non-hydrogen) atoms. The van der Waals surface area contributed by atoms with E-state index < -0.39 is 5.97 Å². The number of hydrogen-bond acceptors (Lipinski definition) is 2. The molecule has 0 saturated heterocycles. The van der Waals surface area contributed by atoms with Crippen molar-refractivity contribution in [3.8, 4) is 0 Å². The molecular weight excluding hydrogens is 282 g/mol. The van der Waals surface area contributed by atoms with Gasteiger partial charge in [-0.3, -0.25) is 4.79 Å². The van der Waals surface area contributed by atoms with E-state index in [1.807, 2.05) is 0 Å². The molecule has 100 valence electrons. The van der Waals surface area contributed by atoms with Gasteiger partial charge in [-0.2, -0.15) is 0 Å². The molecule has 1 heterocycles. The summed E-state index contributed by atoms with van der Waals surface area (Å²) in [5.74, 6) is -0.745. The fourth-order valence-electron chi connectivity index (χ4n) is 1.25. The lowest BCUT2D eigenvalue weighted by Crippen LogP contribution is -2.08. The van der Waals surface area contributed by atoms with E-state index in [0.717, 1.165) is 6.54 Å². The van der Waals surface area contributed by atoms with E-state index >= 15 is 0 Å². The Morgan fingerprint density at radius 1 is 1.41 bits per heavy atom. The summed E-state index contributed by atoms with van der Waals surface area (Å²) in [4.78, 5) is 9.37. The van der Waals surface area contributed by atoms with Crippen LogP contribution in [0, 0.1) is 0 Å². The third kappa shape index (κ3) is 13.2. The molecule has 1 aliphatic rings. The molecule has 1 rings (SSSR count). The number of allylic oxidation sites excluding steroid dienone is 2. The molecule has 0 atom stereocenters. The largest absolute Gasteiger partial charge is 0.481 e. The highest BCUT2D eigenvalue weighted by Crippen LogP contribution is 2.10. The number of carboxylic acids is 1. The second kappa shape index (κ2) is 13.3. The fraction of sp³-hybridized carbons (Fsp3) is 0.615. The summed E-state index contributed by atoms with van der Waals surface area (Å²) in [5.41, 5.74) is 1.45. The Morgan fingerprint density at radius 3 is 2.47 bits per heavy atom. The predicted octanol–water partition coefficient (Wildman–Crippen LogP) is 3.67. The van der Waals surface area contributed by atoms with Gasteiger partial charge < -0.3 is 10.4 Å². The number of hydrogen-bond donors (Lipinski definition) is 2. The van der Waals surface area contributed by atoms with Crippen molar-refractivity contribution in [3.05, 3.63) is 23.9 Å². The third-order valence-electron chi connectivity index (χ3n) is 2.23. The van der Waals surface area contributed by atoms with Crippen LogP contribution >= 0.6 is 17.0 Å². The van der Waals surface area contributed by atoms with Crippen molar-refractivity contribution in [2.45, 2.75) is 46.0 Å². The van der Waals surface area contributed by atoms with Crippen molar-refractivity contribution >= 4 is 23.0 Å². The first-order valence-electron chi connectivity index (χ1n) is 6.01. The van der Waals surface area contributed by atoms with E-state index in [4.69, 9.17) is 5.11 Å².